The zero-order valence-corrected chi connectivity index (χ0v) is 14.7. The maximum absolute atomic E-state index is 13.0. The molecule has 2 saturated heterocycles. The van der Waals surface area contributed by atoms with Gasteiger partial charge in [0.1, 0.15) is 5.82 Å². The normalized spacial score (nSPS) is 23.5. The Bertz CT molecular complexity index is 752. The predicted octanol–water partition coefficient (Wildman–Crippen LogP) is 2.79. The van der Waals surface area contributed by atoms with Gasteiger partial charge in [-0.05, 0) is 49.1 Å². The molecule has 2 fully saturated rings. The number of nitrogens with zero attached hydrogens (tertiary/aromatic N) is 4. The second kappa shape index (κ2) is 7.50. The number of carbonyl (C=O) groups is 1. The van der Waals surface area contributed by atoms with E-state index in [-0.39, 0.29) is 11.6 Å². The fourth-order valence-electron chi connectivity index (χ4n) is 4.08. The maximum atomic E-state index is 13.0. The molecule has 2 aromatic rings. The largest absolute Gasteiger partial charge is 0.338 e. The highest BCUT2D eigenvalue weighted by Crippen LogP contribution is 2.29. The van der Waals surface area contributed by atoms with Gasteiger partial charge in [0.05, 0.1) is 0 Å². The van der Waals surface area contributed by atoms with Crippen molar-refractivity contribution in [2.75, 3.05) is 31.1 Å². The van der Waals surface area contributed by atoms with Gasteiger partial charge in [0.15, 0.2) is 5.78 Å². The number of halogens is 1. The summed E-state index contributed by atoms with van der Waals surface area (Å²) >= 11 is 0. The van der Waals surface area contributed by atoms with Crippen molar-refractivity contribution in [3.63, 3.8) is 0 Å². The quantitative estimate of drug-likeness (QED) is 0.790. The van der Waals surface area contributed by atoms with Crippen LogP contribution in [0.1, 0.15) is 29.6 Å². The van der Waals surface area contributed by atoms with Crippen LogP contribution in [-0.2, 0) is 0 Å². The van der Waals surface area contributed by atoms with Gasteiger partial charge in [0.2, 0.25) is 5.95 Å². The van der Waals surface area contributed by atoms with E-state index in [9.17, 15) is 9.18 Å². The first kappa shape index (κ1) is 17.1. The van der Waals surface area contributed by atoms with Crippen molar-refractivity contribution >= 4 is 11.7 Å². The lowest BCUT2D eigenvalue weighted by atomic mass is 9.87. The SMILES string of the molecule is O=C(C[C@@H]1CCC2CN(c3ncccn3)CCN2C1)c1ccc(F)cc1. The highest BCUT2D eigenvalue weighted by atomic mass is 19.1. The first-order valence-corrected chi connectivity index (χ1v) is 9.24. The third-order valence-electron chi connectivity index (χ3n) is 5.48. The molecule has 0 spiro atoms. The van der Waals surface area contributed by atoms with Crippen LogP contribution in [0.3, 0.4) is 0 Å². The van der Waals surface area contributed by atoms with E-state index in [0.29, 0.717) is 23.9 Å². The van der Waals surface area contributed by atoms with E-state index in [4.69, 9.17) is 0 Å². The van der Waals surface area contributed by atoms with Gasteiger partial charge in [0.25, 0.3) is 0 Å². The van der Waals surface area contributed by atoms with Crippen LogP contribution in [0.4, 0.5) is 10.3 Å². The smallest absolute Gasteiger partial charge is 0.225 e. The number of anilines is 1. The lowest BCUT2D eigenvalue weighted by molar-refractivity contribution is 0.0776. The van der Waals surface area contributed by atoms with Gasteiger partial charge < -0.3 is 4.90 Å². The fraction of sp³-hybridized carbons (Fsp3) is 0.450. The summed E-state index contributed by atoms with van der Waals surface area (Å²) in [5.74, 6) is 0.996. The summed E-state index contributed by atoms with van der Waals surface area (Å²) in [5, 5.41) is 0. The summed E-state index contributed by atoms with van der Waals surface area (Å²) in [5.41, 5.74) is 0.611. The van der Waals surface area contributed by atoms with Crippen molar-refractivity contribution < 1.29 is 9.18 Å². The van der Waals surface area contributed by atoms with Gasteiger partial charge in [-0.2, -0.15) is 0 Å². The Labute approximate surface area is 152 Å². The maximum Gasteiger partial charge on any atom is 0.225 e. The van der Waals surface area contributed by atoms with Crippen molar-refractivity contribution in [1.29, 1.82) is 0 Å². The predicted molar refractivity (Wildman–Crippen MR) is 97.7 cm³/mol. The average Bonchev–Trinajstić information content (AvgIpc) is 2.69. The molecule has 1 aromatic heterocycles. The lowest BCUT2D eigenvalue weighted by Crippen LogP contribution is -2.57. The summed E-state index contributed by atoms with van der Waals surface area (Å²) in [6, 6.07) is 8.22. The molecule has 136 valence electrons. The van der Waals surface area contributed by atoms with Gasteiger partial charge in [-0.15, -0.1) is 0 Å². The molecule has 1 unspecified atom stereocenters. The topological polar surface area (TPSA) is 49.3 Å². The number of Topliss-reactive ketones (excluding diaryl/α,β-unsaturated/α-hetero) is 1. The molecule has 26 heavy (non-hydrogen) atoms. The number of fused-ring (bicyclic) bond motifs is 1. The van der Waals surface area contributed by atoms with Crippen LogP contribution in [0.15, 0.2) is 42.7 Å². The fourth-order valence-corrected chi connectivity index (χ4v) is 4.08. The van der Waals surface area contributed by atoms with E-state index in [0.717, 1.165) is 45.0 Å². The Morgan fingerprint density at radius 2 is 1.85 bits per heavy atom. The van der Waals surface area contributed by atoms with Crippen molar-refractivity contribution in [3.05, 3.63) is 54.1 Å². The minimum absolute atomic E-state index is 0.116. The number of hydrogen-bond acceptors (Lipinski definition) is 5. The molecule has 4 rings (SSSR count). The van der Waals surface area contributed by atoms with Crippen LogP contribution in [0.2, 0.25) is 0 Å². The van der Waals surface area contributed by atoms with Crippen LogP contribution in [0.5, 0.6) is 0 Å². The van der Waals surface area contributed by atoms with E-state index >= 15 is 0 Å². The van der Waals surface area contributed by atoms with Crippen LogP contribution < -0.4 is 4.90 Å². The Morgan fingerprint density at radius 1 is 1.08 bits per heavy atom. The van der Waals surface area contributed by atoms with Gasteiger partial charge in [0, 0.05) is 56.6 Å². The van der Waals surface area contributed by atoms with Crippen molar-refractivity contribution in [1.82, 2.24) is 14.9 Å². The van der Waals surface area contributed by atoms with Crippen molar-refractivity contribution in [3.8, 4) is 0 Å². The monoisotopic (exact) mass is 354 g/mol. The molecule has 0 aliphatic carbocycles. The van der Waals surface area contributed by atoms with Gasteiger partial charge in [-0.1, -0.05) is 0 Å². The van der Waals surface area contributed by atoms with Crippen LogP contribution in [0.25, 0.3) is 0 Å². The van der Waals surface area contributed by atoms with E-state index in [1.807, 2.05) is 6.07 Å². The first-order valence-electron chi connectivity index (χ1n) is 9.24. The van der Waals surface area contributed by atoms with E-state index < -0.39 is 0 Å². The number of piperidine rings is 1. The van der Waals surface area contributed by atoms with Crippen LogP contribution >= 0.6 is 0 Å². The Morgan fingerprint density at radius 3 is 2.62 bits per heavy atom. The zero-order chi connectivity index (χ0) is 17.9. The summed E-state index contributed by atoms with van der Waals surface area (Å²) in [4.78, 5) is 25.9. The number of ketones is 1. The standard InChI is InChI=1S/C20H23FN4O/c21-17-5-3-16(4-6-17)19(26)12-15-2-7-18-14-25(11-10-24(18)13-15)20-22-8-1-9-23-20/h1,3-6,8-9,15,18H,2,7,10-14H2/t15-,18?/m0/s1. The molecule has 5 nitrogen and oxygen atoms in total. The molecule has 0 amide bonds. The van der Waals surface area contributed by atoms with Gasteiger partial charge in [-0.3, -0.25) is 9.69 Å². The molecule has 1 aromatic carbocycles. The number of hydrogen-bond donors (Lipinski definition) is 0. The summed E-state index contributed by atoms with van der Waals surface area (Å²) in [6.45, 7) is 3.80. The Kier molecular flexibility index (Phi) is 4.93. The number of aromatic nitrogens is 2. The molecule has 2 aliphatic rings. The van der Waals surface area contributed by atoms with Crippen LogP contribution in [0, 0.1) is 11.7 Å². The molecule has 2 aliphatic heterocycles. The number of benzene rings is 1. The molecule has 0 bridgehead atoms. The van der Waals surface area contributed by atoms with Gasteiger partial charge in [-0.25, -0.2) is 14.4 Å². The molecule has 2 atom stereocenters. The van der Waals surface area contributed by atoms with Crippen molar-refractivity contribution in [2.24, 2.45) is 5.92 Å². The second-order valence-corrected chi connectivity index (χ2v) is 7.22. The summed E-state index contributed by atoms with van der Waals surface area (Å²) < 4.78 is 13.0. The Balaban J connectivity index is 1.33. The number of rotatable bonds is 4. The molecule has 0 radical (unpaired) electrons. The third kappa shape index (κ3) is 3.75. The number of piperazine rings is 1. The van der Waals surface area contributed by atoms with E-state index in [1.165, 1.54) is 12.1 Å². The van der Waals surface area contributed by atoms with Gasteiger partial charge >= 0.3 is 0 Å². The number of carbonyl (C=O) groups excluding carboxylic acids is 1. The minimum Gasteiger partial charge on any atom is -0.338 e. The zero-order valence-electron chi connectivity index (χ0n) is 14.7. The summed E-state index contributed by atoms with van der Waals surface area (Å²) in [6.07, 6.45) is 6.25. The average molecular weight is 354 g/mol. The molecular weight excluding hydrogens is 331 g/mol. The van der Waals surface area contributed by atoms with E-state index in [1.54, 1.807) is 24.5 Å². The highest BCUT2D eigenvalue weighted by molar-refractivity contribution is 5.96. The third-order valence-corrected chi connectivity index (χ3v) is 5.48. The van der Waals surface area contributed by atoms with E-state index in [2.05, 4.69) is 19.8 Å². The lowest BCUT2D eigenvalue weighted by Gasteiger charge is -2.46. The molecular formula is C20H23FN4O. The summed E-state index contributed by atoms with van der Waals surface area (Å²) in [7, 11) is 0. The first-order chi connectivity index (χ1) is 12.7. The highest BCUT2D eigenvalue weighted by Gasteiger charge is 2.34. The molecule has 3 heterocycles. The minimum atomic E-state index is -0.303. The van der Waals surface area contributed by atoms with Crippen LogP contribution in [-0.4, -0.2) is 52.9 Å². The van der Waals surface area contributed by atoms with Crippen molar-refractivity contribution in [2.45, 2.75) is 25.3 Å². The molecule has 6 heteroatoms. The Hall–Kier alpha value is -2.34. The molecule has 0 N–H and O–H groups in total. The second-order valence-electron chi connectivity index (χ2n) is 7.22. The molecule has 0 saturated carbocycles.